The number of hydrogen-bond acceptors (Lipinski definition) is 1. The first-order chi connectivity index (χ1) is 10.3. The second-order valence-electron chi connectivity index (χ2n) is 4.98. The summed E-state index contributed by atoms with van der Waals surface area (Å²) < 4.78 is 2.21. The van der Waals surface area contributed by atoms with Crippen molar-refractivity contribution in [3.8, 4) is 11.1 Å². The molecular weight excluding hydrogens is 369 g/mol. The number of aryl methyl sites for hydroxylation is 1. The lowest BCUT2D eigenvalue weighted by Gasteiger charge is -2.20. The zero-order chi connectivity index (χ0) is 14.7. The number of halogens is 1. The molecule has 0 fully saturated rings. The van der Waals surface area contributed by atoms with Gasteiger partial charge in [-0.1, -0.05) is 60.7 Å². The molecule has 0 bridgehead atoms. The third-order valence-corrected chi connectivity index (χ3v) is 4.59. The average molecular weight is 385 g/mol. The Morgan fingerprint density at radius 3 is 2.00 bits per heavy atom. The van der Waals surface area contributed by atoms with Crippen LogP contribution in [0.5, 0.6) is 0 Å². The van der Waals surface area contributed by atoms with Gasteiger partial charge in [0.2, 0.25) is 0 Å². The Bertz CT molecular complexity index is 723. The van der Waals surface area contributed by atoms with Gasteiger partial charge in [0, 0.05) is 0 Å². The number of rotatable bonds is 3. The Hall–Kier alpha value is -1.81. The van der Waals surface area contributed by atoms with E-state index in [1.807, 2.05) is 12.1 Å². The highest BCUT2D eigenvalue weighted by Gasteiger charge is 2.10. The second-order valence-corrected chi connectivity index (χ2v) is 5.95. The fraction of sp³-hybridized carbons (Fsp3) is 0.0526. The highest BCUT2D eigenvalue weighted by Crippen LogP contribution is 2.34. The van der Waals surface area contributed by atoms with E-state index in [1.54, 1.807) is 0 Å². The van der Waals surface area contributed by atoms with Crippen molar-refractivity contribution in [2.75, 3.05) is 3.11 Å². The first-order valence-electron chi connectivity index (χ1n) is 6.93. The first-order valence-corrected chi connectivity index (χ1v) is 7.89. The van der Waals surface area contributed by atoms with Crippen LogP contribution in [0.2, 0.25) is 0 Å². The zero-order valence-corrected chi connectivity index (χ0v) is 14.0. The fourth-order valence-corrected chi connectivity index (χ4v) is 3.17. The topological polar surface area (TPSA) is 3.24 Å². The summed E-state index contributed by atoms with van der Waals surface area (Å²) in [6, 6.07) is 27.6. The Morgan fingerprint density at radius 1 is 0.714 bits per heavy atom. The Morgan fingerprint density at radius 2 is 1.33 bits per heavy atom. The molecule has 0 spiro atoms. The van der Waals surface area contributed by atoms with Crippen LogP contribution in [0.4, 0.5) is 11.4 Å². The van der Waals surface area contributed by atoms with Crippen LogP contribution in [0, 0.1) is 6.92 Å². The molecule has 0 heterocycles. The molecule has 0 atom stereocenters. The summed E-state index contributed by atoms with van der Waals surface area (Å²) in [7, 11) is 0. The van der Waals surface area contributed by atoms with E-state index in [-0.39, 0.29) is 0 Å². The molecule has 3 aromatic rings. The van der Waals surface area contributed by atoms with E-state index >= 15 is 0 Å². The maximum atomic E-state index is 2.37. The third kappa shape index (κ3) is 3.10. The molecule has 0 N–H and O–H groups in total. The van der Waals surface area contributed by atoms with Gasteiger partial charge in [-0.2, -0.15) is 0 Å². The summed E-state index contributed by atoms with van der Waals surface area (Å²) in [6.07, 6.45) is 0. The van der Waals surface area contributed by atoms with Gasteiger partial charge in [0.05, 0.1) is 34.2 Å². The molecule has 0 radical (unpaired) electrons. The van der Waals surface area contributed by atoms with E-state index in [2.05, 4.69) is 99.6 Å². The quantitative estimate of drug-likeness (QED) is 0.386. The van der Waals surface area contributed by atoms with Gasteiger partial charge in [0.15, 0.2) is 0 Å². The van der Waals surface area contributed by atoms with Crippen LogP contribution in [-0.4, -0.2) is 0 Å². The van der Waals surface area contributed by atoms with E-state index in [9.17, 15) is 0 Å². The lowest BCUT2D eigenvalue weighted by molar-refractivity contribution is 1.38. The summed E-state index contributed by atoms with van der Waals surface area (Å²) in [6.45, 7) is 2.15. The average Bonchev–Trinajstić information content (AvgIpc) is 2.56. The van der Waals surface area contributed by atoms with E-state index < -0.39 is 0 Å². The predicted octanol–water partition coefficient (Wildman–Crippen LogP) is 6.15. The summed E-state index contributed by atoms with van der Waals surface area (Å²) in [5.74, 6) is 0. The lowest BCUT2D eigenvalue weighted by Crippen LogP contribution is -2.02. The molecule has 0 aliphatic heterocycles. The highest BCUT2D eigenvalue weighted by atomic mass is 127. The summed E-state index contributed by atoms with van der Waals surface area (Å²) in [5.41, 5.74) is 6.17. The van der Waals surface area contributed by atoms with Gasteiger partial charge in [-0.05, 0) is 41.8 Å². The van der Waals surface area contributed by atoms with Crippen molar-refractivity contribution < 1.29 is 0 Å². The molecule has 0 amide bonds. The van der Waals surface area contributed by atoms with Crippen molar-refractivity contribution in [3.63, 3.8) is 0 Å². The van der Waals surface area contributed by atoms with Crippen molar-refractivity contribution in [2.45, 2.75) is 6.92 Å². The molecular formula is C19H16IN. The van der Waals surface area contributed by atoms with E-state index in [1.165, 1.54) is 28.1 Å². The number of para-hydroxylation sites is 1. The van der Waals surface area contributed by atoms with Gasteiger partial charge in [0.1, 0.15) is 0 Å². The Kier molecular flexibility index (Phi) is 4.25. The number of benzene rings is 3. The summed E-state index contributed by atoms with van der Waals surface area (Å²) in [4.78, 5) is 0. The maximum Gasteiger partial charge on any atom is 0.0646 e. The molecule has 1 nitrogen and oxygen atoms in total. The highest BCUT2D eigenvalue weighted by molar-refractivity contribution is 14.1. The van der Waals surface area contributed by atoms with Crippen LogP contribution >= 0.6 is 22.9 Å². The van der Waals surface area contributed by atoms with E-state index in [0.29, 0.717) is 0 Å². The lowest BCUT2D eigenvalue weighted by atomic mass is 10.0. The van der Waals surface area contributed by atoms with Gasteiger partial charge >= 0.3 is 0 Å². The van der Waals surface area contributed by atoms with Crippen molar-refractivity contribution >= 4 is 34.2 Å². The minimum absolute atomic E-state index is 1.19. The minimum Gasteiger partial charge on any atom is -0.283 e. The molecule has 0 unspecified atom stereocenters. The van der Waals surface area contributed by atoms with Crippen molar-refractivity contribution in [1.29, 1.82) is 0 Å². The largest absolute Gasteiger partial charge is 0.283 e. The van der Waals surface area contributed by atoms with Crippen LogP contribution in [-0.2, 0) is 0 Å². The molecule has 0 aliphatic carbocycles. The predicted molar refractivity (Wildman–Crippen MR) is 99.2 cm³/mol. The zero-order valence-electron chi connectivity index (χ0n) is 11.8. The molecule has 0 saturated carbocycles. The fourth-order valence-electron chi connectivity index (χ4n) is 2.33. The van der Waals surface area contributed by atoms with Crippen molar-refractivity contribution in [1.82, 2.24) is 0 Å². The molecule has 21 heavy (non-hydrogen) atoms. The van der Waals surface area contributed by atoms with Gasteiger partial charge in [0.25, 0.3) is 0 Å². The van der Waals surface area contributed by atoms with Crippen LogP contribution in [0.25, 0.3) is 11.1 Å². The smallest absolute Gasteiger partial charge is 0.0646 e. The van der Waals surface area contributed by atoms with Crippen molar-refractivity contribution in [2.24, 2.45) is 0 Å². The number of anilines is 2. The molecule has 0 saturated heterocycles. The molecule has 0 aromatic heterocycles. The van der Waals surface area contributed by atoms with Gasteiger partial charge < -0.3 is 0 Å². The van der Waals surface area contributed by atoms with Gasteiger partial charge in [-0.15, -0.1) is 0 Å². The summed E-state index contributed by atoms with van der Waals surface area (Å²) >= 11 is 2.37. The Labute approximate surface area is 139 Å². The van der Waals surface area contributed by atoms with Crippen molar-refractivity contribution in [3.05, 3.63) is 84.4 Å². The second kappa shape index (κ2) is 6.31. The van der Waals surface area contributed by atoms with Crippen LogP contribution < -0.4 is 3.11 Å². The van der Waals surface area contributed by atoms with Gasteiger partial charge in [-0.3, -0.25) is 3.11 Å². The molecule has 2 heteroatoms. The van der Waals surface area contributed by atoms with Crippen LogP contribution in [0.15, 0.2) is 78.9 Å². The standard InChI is InChI=1S/C19H16IN/c1-15-12-13-17(16-8-4-2-5-9-16)14-19(15)21(20)18-10-6-3-7-11-18/h2-14H,1H3. The number of hydrogen-bond donors (Lipinski definition) is 0. The van der Waals surface area contributed by atoms with Crippen LogP contribution in [0.3, 0.4) is 0 Å². The van der Waals surface area contributed by atoms with Crippen LogP contribution in [0.1, 0.15) is 5.56 Å². The van der Waals surface area contributed by atoms with E-state index in [0.717, 1.165) is 0 Å². The number of nitrogens with zero attached hydrogens (tertiary/aromatic N) is 1. The molecule has 0 aliphatic rings. The monoisotopic (exact) mass is 385 g/mol. The summed E-state index contributed by atoms with van der Waals surface area (Å²) in [5, 5.41) is 0. The molecule has 3 rings (SSSR count). The maximum absolute atomic E-state index is 2.37. The SMILES string of the molecule is Cc1ccc(-c2ccccc2)cc1N(I)c1ccccc1. The molecule has 104 valence electrons. The Balaban J connectivity index is 2.03. The molecule has 3 aromatic carbocycles. The third-order valence-electron chi connectivity index (χ3n) is 3.51. The normalized spacial score (nSPS) is 10.4. The minimum atomic E-state index is 1.19. The van der Waals surface area contributed by atoms with E-state index in [4.69, 9.17) is 0 Å². The first kappa shape index (κ1) is 14.1. The van der Waals surface area contributed by atoms with Gasteiger partial charge in [-0.25, -0.2) is 0 Å².